The van der Waals surface area contributed by atoms with Gasteiger partial charge in [-0.1, -0.05) is 30.3 Å². The first-order valence-corrected chi connectivity index (χ1v) is 12.6. The molecule has 0 fully saturated rings. The molecule has 190 valence electrons. The van der Waals surface area contributed by atoms with Crippen LogP contribution in [0.4, 0.5) is 0 Å². The van der Waals surface area contributed by atoms with Gasteiger partial charge in [-0.05, 0) is 49.1 Å². The van der Waals surface area contributed by atoms with Gasteiger partial charge in [0, 0.05) is 50.2 Å². The summed E-state index contributed by atoms with van der Waals surface area (Å²) in [5.41, 5.74) is 5.84. The van der Waals surface area contributed by atoms with Gasteiger partial charge in [0.2, 0.25) is 0 Å². The summed E-state index contributed by atoms with van der Waals surface area (Å²) in [5.74, 6) is -0.298. The quantitative estimate of drug-likeness (QED) is 0.378. The fourth-order valence-electron chi connectivity index (χ4n) is 4.83. The molecule has 5 rings (SSSR count). The third kappa shape index (κ3) is 5.45. The summed E-state index contributed by atoms with van der Waals surface area (Å²) >= 11 is 0. The molecule has 4 heterocycles. The molecular formula is C28H31N7O2. The average molecular weight is 498 g/mol. The number of aryl methyl sites for hydroxylation is 3. The monoisotopic (exact) mass is 497 g/mol. The molecule has 1 aliphatic rings. The van der Waals surface area contributed by atoms with Gasteiger partial charge in [0.05, 0.1) is 18.8 Å². The molecule has 0 radical (unpaired) electrons. The largest absolute Gasteiger partial charge is 0.351 e. The minimum absolute atomic E-state index is 0.0927. The Kier molecular flexibility index (Phi) is 7.11. The van der Waals surface area contributed by atoms with E-state index in [0.29, 0.717) is 44.0 Å². The van der Waals surface area contributed by atoms with Crippen LogP contribution in [0.2, 0.25) is 0 Å². The van der Waals surface area contributed by atoms with Crippen molar-refractivity contribution >= 4 is 11.8 Å². The molecule has 0 aliphatic carbocycles. The molecule has 2 amide bonds. The van der Waals surface area contributed by atoms with E-state index in [4.69, 9.17) is 5.10 Å². The third-order valence-electron chi connectivity index (χ3n) is 6.71. The summed E-state index contributed by atoms with van der Waals surface area (Å²) in [7, 11) is 1.77. The van der Waals surface area contributed by atoms with Crippen LogP contribution in [0.25, 0.3) is 0 Å². The lowest BCUT2D eigenvalue weighted by molar-refractivity contribution is 0.0719. The Bertz CT molecular complexity index is 1390. The van der Waals surface area contributed by atoms with E-state index in [1.54, 1.807) is 35.1 Å². The van der Waals surface area contributed by atoms with E-state index in [9.17, 15) is 9.59 Å². The highest BCUT2D eigenvalue weighted by molar-refractivity contribution is 5.95. The van der Waals surface area contributed by atoms with Crippen molar-refractivity contribution in [3.63, 3.8) is 0 Å². The maximum Gasteiger partial charge on any atom is 0.272 e. The minimum Gasteiger partial charge on any atom is -0.351 e. The van der Waals surface area contributed by atoms with E-state index in [2.05, 4.69) is 27.5 Å². The fourth-order valence-corrected chi connectivity index (χ4v) is 4.83. The summed E-state index contributed by atoms with van der Waals surface area (Å²) < 4.78 is 3.51. The van der Waals surface area contributed by atoms with Gasteiger partial charge in [-0.2, -0.15) is 10.2 Å². The average Bonchev–Trinajstić information content (AvgIpc) is 3.45. The molecule has 1 aromatic carbocycles. The molecule has 0 saturated carbocycles. The van der Waals surface area contributed by atoms with E-state index < -0.39 is 0 Å². The molecule has 0 spiro atoms. The van der Waals surface area contributed by atoms with Crippen LogP contribution in [0.3, 0.4) is 0 Å². The number of pyridine rings is 1. The molecule has 37 heavy (non-hydrogen) atoms. The van der Waals surface area contributed by atoms with Crippen LogP contribution < -0.4 is 5.32 Å². The number of hydrogen-bond donors (Lipinski definition) is 1. The van der Waals surface area contributed by atoms with Gasteiger partial charge in [0.1, 0.15) is 5.69 Å². The Labute approximate surface area is 216 Å². The SMILES string of the molecule is Cc1cc(C(=O)N2CCc3c(c(C(=O)NCCCc4ccccc4)nn3Cc3ccncc3)C2)n(C)n1. The number of benzene rings is 1. The standard InChI is InChI=1S/C28H31N7O2/c1-20-17-25(33(2)31-20)28(37)34-16-12-24-23(19-34)26(32-35(24)18-22-10-14-29-15-11-22)27(36)30-13-6-9-21-7-4-3-5-8-21/h3-5,7-8,10-11,14-15,17H,6,9,12-13,16,18-19H2,1-2H3,(H,30,36). The van der Waals surface area contributed by atoms with Crippen molar-refractivity contribution in [3.05, 3.63) is 100 Å². The fraction of sp³-hybridized carbons (Fsp3) is 0.321. The van der Waals surface area contributed by atoms with Crippen LogP contribution >= 0.6 is 0 Å². The lowest BCUT2D eigenvalue weighted by atomic mass is 10.0. The lowest BCUT2D eigenvalue weighted by Gasteiger charge is -2.28. The number of aromatic nitrogens is 5. The molecule has 0 saturated heterocycles. The first-order chi connectivity index (χ1) is 18.0. The highest BCUT2D eigenvalue weighted by Gasteiger charge is 2.31. The molecule has 9 heteroatoms. The molecule has 1 N–H and O–H groups in total. The van der Waals surface area contributed by atoms with Crippen molar-refractivity contribution in [2.75, 3.05) is 13.1 Å². The minimum atomic E-state index is -0.205. The van der Waals surface area contributed by atoms with Crippen molar-refractivity contribution in [2.45, 2.75) is 39.3 Å². The summed E-state index contributed by atoms with van der Waals surface area (Å²) in [6, 6.07) is 15.9. The van der Waals surface area contributed by atoms with Crippen LogP contribution in [-0.2, 0) is 33.0 Å². The second kappa shape index (κ2) is 10.8. The second-order valence-electron chi connectivity index (χ2n) is 9.40. The molecule has 0 unspecified atom stereocenters. The zero-order chi connectivity index (χ0) is 25.8. The number of nitrogens with zero attached hydrogens (tertiary/aromatic N) is 6. The normalized spacial score (nSPS) is 12.9. The summed E-state index contributed by atoms with van der Waals surface area (Å²) in [4.78, 5) is 32.5. The van der Waals surface area contributed by atoms with Crippen LogP contribution in [-0.4, -0.2) is 54.3 Å². The van der Waals surface area contributed by atoms with Gasteiger partial charge < -0.3 is 10.2 Å². The third-order valence-corrected chi connectivity index (χ3v) is 6.71. The van der Waals surface area contributed by atoms with Crippen LogP contribution in [0.1, 0.15) is 55.5 Å². The van der Waals surface area contributed by atoms with E-state index in [1.165, 1.54) is 5.56 Å². The highest BCUT2D eigenvalue weighted by Crippen LogP contribution is 2.25. The van der Waals surface area contributed by atoms with Gasteiger partial charge >= 0.3 is 0 Å². The van der Waals surface area contributed by atoms with Gasteiger partial charge in [-0.15, -0.1) is 0 Å². The first kappa shape index (κ1) is 24.4. The van der Waals surface area contributed by atoms with Crippen LogP contribution in [0.5, 0.6) is 0 Å². The Morgan fingerprint density at radius 3 is 2.54 bits per heavy atom. The predicted molar refractivity (Wildman–Crippen MR) is 139 cm³/mol. The van der Waals surface area contributed by atoms with E-state index >= 15 is 0 Å². The number of amides is 2. The molecular weight excluding hydrogens is 466 g/mol. The van der Waals surface area contributed by atoms with Crippen LogP contribution in [0, 0.1) is 6.92 Å². The van der Waals surface area contributed by atoms with Gasteiger partial charge in [-0.3, -0.25) is 23.9 Å². The van der Waals surface area contributed by atoms with Crippen molar-refractivity contribution < 1.29 is 9.59 Å². The molecule has 0 atom stereocenters. The van der Waals surface area contributed by atoms with E-state index in [-0.39, 0.29) is 11.8 Å². The van der Waals surface area contributed by atoms with Gasteiger partial charge in [-0.25, -0.2) is 0 Å². The molecule has 3 aromatic heterocycles. The zero-order valence-corrected chi connectivity index (χ0v) is 21.2. The van der Waals surface area contributed by atoms with Crippen molar-refractivity contribution in [3.8, 4) is 0 Å². The lowest BCUT2D eigenvalue weighted by Crippen LogP contribution is -2.38. The summed E-state index contributed by atoms with van der Waals surface area (Å²) in [6.45, 7) is 3.85. The maximum absolute atomic E-state index is 13.3. The maximum atomic E-state index is 13.3. The number of carbonyl (C=O) groups is 2. The van der Waals surface area contributed by atoms with Crippen molar-refractivity contribution in [2.24, 2.45) is 7.05 Å². The van der Waals surface area contributed by atoms with Crippen LogP contribution in [0.15, 0.2) is 60.9 Å². The number of fused-ring (bicyclic) bond motifs is 1. The zero-order valence-electron chi connectivity index (χ0n) is 21.2. The molecule has 9 nitrogen and oxygen atoms in total. The van der Waals surface area contributed by atoms with Crippen molar-refractivity contribution in [1.29, 1.82) is 0 Å². The second-order valence-corrected chi connectivity index (χ2v) is 9.40. The Hall–Kier alpha value is -4.27. The Morgan fingerprint density at radius 2 is 1.81 bits per heavy atom. The molecule has 1 aliphatic heterocycles. The predicted octanol–water partition coefficient (Wildman–Crippen LogP) is 2.93. The summed E-state index contributed by atoms with van der Waals surface area (Å²) in [6.07, 6.45) is 5.85. The smallest absolute Gasteiger partial charge is 0.272 e. The molecule has 0 bridgehead atoms. The van der Waals surface area contributed by atoms with Crippen molar-refractivity contribution in [1.82, 2.24) is 34.8 Å². The first-order valence-electron chi connectivity index (χ1n) is 12.6. The van der Waals surface area contributed by atoms with E-state index in [1.807, 2.05) is 41.9 Å². The summed E-state index contributed by atoms with van der Waals surface area (Å²) in [5, 5.41) is 12.1. The highest BCUT2D eigenvalue weighted by atomic mass is 16.2. The number of carbonyl (C=O) groups excluding carboxylic acids is 2. The number of nitrogens with one attached hydrogen (secondary N) is 1. The molecule has 4 aromatic rings. The number of rotatable bonds is 8. The van der Waals surface area contributed by atoms with E-state index in [0.717, 1.165) is 35.4 Å². The van der Waals surface area contributed by atoms with Gasteiger partial charge in [0.15, 0.2) is 5.69 Å². The topological polar surface area (TPSA) is 97.9 Å². The van der Waals surface area contributed by atoms with Gasteiger partial charge in [0.25, 0.3) is 11.8 Å². The Balaban J connectivity index is 1.35. The Morgan fingerprint density at radius 1 is 1.03 bits per heavy atom. The number of hydrogen-bond acceptors (Lipinski definition) is 5.